The summed E-state index contributed by atoms with van der Waals surface area (Å²) in [7, 11) is 0. The number of nitrogens with zero attached hydrogens (tertiary/aromatic N) is 1. The van der Waals surface area contributed by atoms with Crippen LogP contribution >= 0.6 is 0 Å². The van der Waals surface area contributed by atoms with Crippen molar-refractivity contribution >= 4 is 17.5 Å². The molecule has 0 fully saturated rings. The molecule has 5 rings (SSSR count). The van der Waals surface area contributed by atoms with Gasteiger partial charge in [-0.25, -0.2) is 14.2 Å². The molecule has 36 heavy (non-hydrogen) atoms. The van der Waals surface area contributed by atoms with Crippen LogP contribution in [-0.2, 0) is 0 Å². The van der Waals surface area contributed by atoms with E-state index in [-0.39, 0.29) is 11.1 Å². The molecule has 10 heteroatoms. The lowest BCUT2D eigenvalue weighted by atomic mass is 10.1. The maximum Gasteiger partial charge on any atom is 0.341 e. The minimum Gasteiger partial charge on any atom is -0.486 e. The molecular formula is C26H23FN4O5. The molecule has 1 aliphatic heterocycles. The summed E-state index contributed by atoms with van der Waals surface area (Å²) in [4.78, 5) is 29.4. The Balaban J connectivity index is 0.000000170. The number of pyridine rings is 2. The summed E-state index contributed by atoms with van der Waals surface area (Å²) >= 11 is 0. The molecular weight excluding hydrogens is 467 g/mol. The quantitative estimate of drug-likeness (QED) is 0.306. The summed E-state index contributed by atoms with van der Waals surface area (Å²) < 4.78 is 24.3. The Morgan fingerprint density at radius 1 is 1.08 bits per heavy atom. The predicted molar refractivity (Wildman–Crippen MR) is 133 cm³/mol. The number of aromatic carboxylic acids is 1. The van der Waals surface area contributed by atoms with Crippen LogP contribution in [0, 0.1) is 5.82 Å². The highest BCUT2D eigenvalue weighted by Gasteiger charge is 2.16. The third kappa shape index (κ3) is 5.79. The Morgan fingerprint density at radius 3 is 2.56 bits per heavy atom. The number of carboxylic acids is 1. The second-order valence-electron chi connectivity index (χ2n) is 7.71. The Hall–Kier alpha value is -4.86. The van der Waals surface area contributed by atoms with E-state index >= 15 is 0 Å². The number of ether oxygens (including phenoxy) is 2. The second-order valence-corrected chi connectivity index (χ2v) is 7.71. The van der Waals surface area contributed by atoms with E-state index in [2.05, 4.69) is 15.3 Å². The maximum absolute atomic E-state index is 12.7. The third-order valence-corrected chi connectivity index (χ3v) is 5.17. The first kappa shape index (κ1) is 24.3. The number of H-pyrrole nitrogens is 1. The number of nitrogen functional groups attached to an aromatic ring is 1. The van der Waals surface area contributed by atoms with E-state index in [0.717, 1.165) is 30.7 Å². The standard InChI is InChI=1S/C14H15N3O2.C12H8FNO3/c15-10-2-4-11(5-3-10)19-12-6-8-17-14-13(12)18-9-1-7-16-14;13-8-3-1-7(2-4-8)9-5-14-6-10(11(9)15)12(16)17/h2-6,8H,1,7,9,15H2,(H,16,17);1-6H,(H,14,15)(H,16,17). The van der Waals surface area contributed by atoms with Gasteiger partial charge in [-0.3, -0.25) is 4.79 Å². The van der Waals surface area contributed by atoms with E-state index in [0.29, 0.717) is 29.4 Å². The Bertz CT molecular complexity index is 1410. The topological polar surface area (TPSA) is 140 Å². The fourth-order valence-corrected chi connectivity index (χ4v) is 3.38. The van der Waals surface area contributed by atoms with Gasteiger partial charge in [-0.1, -0.05) is 12.1 Å². The molecule has 4 aromatic rings. The number of anilines is 2. The predicted octanol–water partition coefficient (Wildman–Crippen LogP) is 4.53. The molecule has 2 aromatic heterocycles. The number of benzene rings is 2. The molecule has 0 aliphatic carbocycles. The summed E-state index contributed by atoms with van der Waals surface area (Å²) in [5, 5.41) is 12.0. The number of aromatic amines is 1. The monoisotopic (exact) mass is 490 g/mol. The Kier molecular flexibility index (Phi) is 7.45. The number of hydrogen-bond donors (Lipinski definition) is 4. The van der Waals surface area contributed by atoms with E-state index < -0.39 is 17.2 Å². The molecule has 0 saturated carbocycles. The SMILES string of the molecule is Nc1ccc(Oc2ccnc3c2OCCCN3)cc1.O=C(O)c1c[nH]cc(-c2ccc(F)cc2)c1=O. The third-order valence-electron chi connectivity index (χ3n) is 5.17. The lowest BCUT2D eigenvalue weighted by Crippen LogP contribution is -2.16. The van der Waals surface area contributed by atoms with Crippen molar-refractivity contribution in [3.63, 3.8) is 0 Å². The number of hydrogen-bond acceptors (Lipinski definition) is 7. The van der Waals surface area contributed by atoms with Crippen molar-refractivity contribution < 1.29 is 23.8 Å². The molecule has 0 unspecified atom stereocenters. The van der Waals surface area contributed by atoms with Crippen LogP contribution in [0.2, 0.25) is 0 Å². The van der Waals surface area contributed by atoms with Gasteiger partial charge in [0.2, 0.25) is 11.2 Å². The first-order valence-electron chi connectivity index (χ1n) is 11.0. The zero-order chi connectivity index (χ0) is 25.5. The minimum absolute atomic E-state index is 0.199. The fraction of sp³-hybridized carbons (Fsp3) is 0.115. The number of rotatable bonds is 4. The highest BCUT2D eigenvalue weighted by molar-refractivity contribution is 5.88. The van der Waals surface area contributed by atoms with Crippen molar-refractivity contribution in [3.05, 3.63) is 94.8 Å². The Labute approximate surface area is 205 Å². The maximum atomic E-state index is 12.7. The Morgan fingerprint density at radius 2 is 1.83 bits per heavy atom. The van der Waals surface area contributed by atoms with Gasteiger partial charge in [0.25, 0.3) is 0 Å². The molecule has 9 nitrogen and oxygen atoms in total. The summed E-state index contributed by atoms with van der Waals surface area (Å²) in [6.07, 6.45) is 5.16. The number of carboxylic acid groups (broad SMARTS) is 1. The van der Waals surface area contributed by atoms with E-state index in [1.54, 1.807) is 24.4 Å². The molecule has 3 heterocycles. The molecule has 0 radical (unpaired) electrons. The highest BCUT2D eigenvalue weighted by atomic mass is 19.1. The van der Waals surface area contributed by atoms with Gasteiger partial charge in [0.15, 0.2) is 11.6 Å². The average molecular weight is 490 g/mol. The highest BCUT2D eigenvalue weighted by Crippen LogP contribution is 2.37. The summed E-state index contributed by atoms with van der Waals surface area (Å²) in [5.74, 6) is 1.05. The largest absolute Gasteiger partial charge is 0.486 e. The smallest absolute Gasteiger partial charge is 0.341 e. The molecule has 2 aromatic carbocycles. The van der Waals surface area contributed by atoms with Crippen LogP contribution < -0.4 is 26.0 Å². The van der Waals surface area contributed by atoms with Crippen molar-refractivity contribution in [3.8, 4) is 28.4 Å². The van der Waals surface area contributed by atoms with E-state index in [1.165, 1.54) is 30.5 Å². The lowest BCUT2D eigenvalue weighted by molar-refractivity contribution is 0.0695. The first-order valence-corrected chi connectivity index (χ1v) is 11.0. The molecule has 0 atom stereocenters. The molecule has 0 saturated heterocycles. The van der Waals surface area contributed by atoms with Crippen LogP contribution in [0.5, 0.6) is 17.2 Å². The van der Waals surface area contributed by atoms with Crippen molar-refractivity contribution in [2.75, 3.05) is 24.2 Å². The van der Waals surface area contributed by atoms with Crippen LogP contribution in [0.1, 0.15) is 16.8 Å². The molecule has 184 valence electrons. The van der Waals surface area contributed by atoms with E-state index in [9.17, 15) is 14.0 Å². The van der Waals surface area contributed by atoms with Gasteiger partial charge in [-0.15, -0.1) is 0 Å². The van der Waals surface area contributed by atoms with Crippen molar-refractivity contribution in [2.24, 2.45) is 0 Å². The van der Waals surface area contributed by atoms with Crippen LogP contribution in [0.15, 0.2) is 78.0 Å². The summed E-state index contributed by atoms with van der Waals surface area (Å²) in [6.45, 7) is 1.51. The molecule has 0 bridgehead atoms. The molecule has 0 amide bonds. The van der Waals surface area contributed by atoms with E-state index in [4.69, 9.17) is 20.3 Å². The van der Waals surface area contributed by atoms with E-state index in [1.807, 2.05) is 12.1 Å². The van der Waals surface area contributed by atoms with Crippen LogP contribution in [0.25, 0.3) is 11.1 Å². The van der Waals surface area contributed by atoms with Gasteiger partial charge in [0.05, 0.1) is 6.61 Å². The zero-order valence-corrected chi connectivity index (χ0v) is 19.0. The van der Waals surface area contributed by atoms with Gasteiger partial charge in [0.1, 0.15) is 17.1 Å². The molecule has 0 spiro atoms. The van der Waals surface area contributed by atoms with Crippen molar-refractivity contribution in [1.82, 2.24) is 9.97 Å². The minimum atomic E-state index is -1.30. The summed E-state index contributed by atoms with van der Waals surface area (Å²) in [5.41, 5.74) is 6.09. The van der Waals surface area contributed by atoms with Gasteiger partial charge in [-0.05, 0) is 48.4 Å². The van der Waals surface area contributed by atoms with Gasteiger partial charge < -0.3 is 30.6 Å². The second kappa shape index (κ2) is 11.0. The van der Waals surface area contributed by atoms with Gasteiger partial charge in [0, 0.05) is 42.5 Å². The van der Waals surface area contributed by atoms with Gasteiger partial charge >= 0.3 is 5.97 Å². The average Bonchev–Trinajstić information content (AvgIpc) is 3.13. The first-order chi connectivity index (χ1) is 17.4. The van der Waals surface area contributed by atoms with Crippen molar-refractivity contribution in [2.45, 2.75) is 6.42 Å². The number of halogens is 1. The lowest BCUT2D eigenvalue weighted by Gasteiger charge is -2.12. The normalized spacial score (nSPS) is 12.0. The fourth-order valence-electron chi connectivity index (χ4n) is 3.38. The molecule has 5 N–H and O–H groups in total. The van der Waals surface area contributed by atoms with Crippen LogP contribution in [0.4, 0.5) is 15.9 Å². The summed E-state index contributed by atoms with van der Waals surface area (Å²) in [6, 6.07) is 14.3. The van der Waals surface area contributed by atoms with Crippen molar-refractivity contribution in [1.29, 1.82) is 0 Å². The van der Waals surface area contributed by atoms with Crippen LogP contribution in [0.3, 0.4) is 0 Å². The van der Waals surface area contributed by atoms with Gasteiger partial charge in [-0.2, -0.15) is 0 Å². The van der Waals surface area contributed by atoms with Crippen LogP contribution in [-0.4, -0.2) is 34.2 Å². The number of aromatic nitrogens is 2. The number of fused-ring (bicyclic) bond motifs is 1. The number of carbonyl (C=O) groups is 1. The number of nitrogens with one attached hydrogen (secondary N) is 2. The number of nitrogens with two attached hydrogens (primary N) is 1. The zero-order valence-electron chi connectivity index (χ0n) is 19.0. The molecule has 1 aliphatic rings.